The van der Waals surface area contributed by atoms with Gasteiger partial charge in [0.15, 0.2) is 0 Å². The van der Waals surface area contributed by atoms with Gasteiger partial charge in [-0.2, -0.15) is 4.98 Å². The number of hydrogen-bond donors (Lipinski definition) is 1. The van der Waals surface area contributed by atoms with Gasteiger partial charge in [-0.3, -0.25) is 0 Å². The smallest absolute Gasteiger partial charge is 0.238 e. The highest BCUT2D eigenvalue weighted by atomic mass is 79.9. The molecule has 0 atom stereocenters. The minimum Gasteiger partial charge on any atom is -0.438 e. The Morgan fingerprint density at radius 1 is 1.26 bits per heavy atom. The van der Waals surface area contributed by atoms with Crippen LogP contribution in [0.25, 0.3) is 0 Å². The molecule has 0 radical (unpaired) electrons. The van der Waals surface area contributed by atoms with Gasteiger partial charge in [0, 0.05) is 6.54 Å². The van der Waals surface area contributed by atoms with Crippen molar-refractivity contribution in [2.75, 3.05) is 11.9 Å². The molecule has 0 spiro atoms. The van der Waals surface area contributed by atoms with Gasteiger partial charge in [0.2, 0.25) is 11.8 Å². The predicted molar refractivity (Wildman–Crippen MR) is 79.8 cm³/mol. The summed E-state index contributed by atoms with van der Waals surface area (Å²) in [6.07, 6.45) is 2.71. The van der Waals surface area contributed by atoms with Crippen molar-refractivity contribution >= 4 is 21.9 Å². The fraction of sp³-hybridized carbons (Fsp3) is 0.286. The number of hydrogen-bond acceptors (Lipinski definition) is 4. The van der Waals surface area contributed by atoms with Crippen molar-refractivity contribution in [3.05, 3.63) is 40.5 Å². The molecular weight excluding hydrogens is 306 g/mol. The maximum absolute atomic E-state index is 5.75. The van der Waals surface area contributed by atoms with Gasteiger partial charge in [-0.05, 0) is 41.4 Å². The van der Waals surface area contributed by atoms with E-state index in [0.29, 0.717) is 11.8 Å². The van der Waals surface area contributed by atoms with E-state index in [0.717, 1.165) is 23.2 Å². The Kier molecular flexibility index (Phi) is 4.74. The summed E-state index contributed by atoms with van der Waals surface area (Å²) < 4.78 is 6.48. The van der Waals surface area contributed by atoms with E-state index >= 15 is 0 Å². The molecule has 1 aromatic heterocycles. The second-order valence-electron chi connectivity index (χ2n) is 4.19. The first-order valence-corrected chi connectivity index (χ1v) is 6.99. The average molecular weight is 322 g/mol. The number of rotatable bonds is 5. The van der Waals surface area contributed by atoms with E-state index in [1.807, 2.05) is 31.2 Å². The molecule has 100 valence electrons. The first-order valence-electron chi connectivity index (χ1n) is 6.20. The molecule has 1 aromatic carbocycles. The molecule has 2 aromatic rings. The zero-order valence-corrected chi connectivity index (χ0v) is 12.6. The van der Waals surface area contributed by atoms with Gasteiger partial charge in [-0.25, -0.2) is 4.98 Å². The summed E-state index contributed by atoms with van der Waals surface area (Å²) in [6.45, 7) is 4.97. The van der Waals surface area contributed by atoms with E-state index in [2.05, 4.69) is 38.1 Å². The average Bonchev–Trinajstić information content (AvgIpc) is 2.42. The fourth-order valence-corrected chi connectivity index (χ4v) is 1.73. The molecule has 0 saturated carbocycles. The Hall–Kier alpha value is -1.62. The largest absolute Gasteiger partial charge is 0.438 e. The number of benzene rings is 1. The lowest BCUT2D eigenvalue weighted by atomic mass is 10.2. The highest BCUT2D eigenvalue weighted by molar-refractivity contribution is 9.10. The summed E-state index contributed by atoms with van der Waals surface area (Å²) in [5, 5.41) is 3.13. The highest BCUT2D eigenvalue weighted by Crippen LogP contribution is 2.27. The lowest BCUT2D eigenvalue weighted by Gasteiger charge is -2.09. The van der Waals surface area contributed by atoms with Crippen molar-refractivity contribution < 1.29 is 4.74 Å². The van der Waals surface area contributed by atoms with E-state index in [1.54, 1.807) is 6.20 Å². The molecule has 0 fully saturated rings. The van der Waals surface area contributed by atoms with E-state index in [-0.39, 0.29) is 0 Å². The Morgan fingerprint density at radius 2 is 2.00 bits per heavy atom. The molecule has 0 amide bonds. The minimum absolute atomic E-state index is 0.512. The second-order valence-corrected chi connectivity index (χ2v) is 5.04. The van der Waals surface area contributed by atoms with E-state index in [4.69, 9.17) is 4.74 Å². The lowest BCUT2D eigenvalue weighted by molar-refractivity contribution is 0.458. The van der Waals surface area contributed by atoms with Crippen LogP contribution >= 0.6 is 15.9 Å². The van der Waals surface area contributed by atoms with Gasteiger partial charge >= 0.3 is 0 Å². The van der Waals surface area contributed by atoms with Gasteiger partial charge in [0.05, 0.1) is 10.7 Å². The highest BCUT2D eigenvalue weighted by Gasteiger charge is 2.07. The van der Waals surface area contributed by atoms with Crippen molar-refractivity contribution in [2.45, 2.75) is 20.3 Å². The monoisotopic (exact) mass is 321 g/mol. The van der Waals surface area contributed by atoms with Crippen LogP contribution in [0.3, 0.4) is 0 Å². The summed E-state index contributed by atoms with van der Waals surface area (Å²) in [6, 6.07) is 7.84. The van der Waals surface area contributed by atoms with E-state index in [1.165, 1.54) is 5.56 Å². The lowest BCUT2D eigenvalue weighted by Crippen LogP contribution is -2.04. The van der Waals surface area contributed by atoms with Crippen LogP contribution in [0.1, 0.15) is 18.9 Å². The van der Waals surface area contributed by atoms with Crippen molar-refractivity contribution in [3.63, 3.8) is 0 Å². The molecule has 0 aliphatic carbocycles. The number of aryl methyl sites for hydroxylation is 1. The number of nitrogens with one attached hydrogen (secondary N) is 1. The first kappa shape index (κ1) is 13.8. The molecule has 5 heteroatoms. The summed E-state index contributed by atoms with van der Waals surface area (Å²) in [5.41, 5.74) is 1.19. The third-order valence-electron chi connectivity index (χ3n) is 2.48. The maximum Gasteiger partial charge on any atom is 0.238 e. The van der Waals surface area contributed by atoms with Crippen LogP contribution < -0.4 is 10.1 Å². The molecule has 0 saturated heterocycles. The van der Waals surface area contributed by atoms with Crippen LogP contribution in [0.4, 0.5) is 5.95 Å². The van der Waals surface area contributed by atoms with Crippen LogP contribution in [0, 0.1) is 6.92 Å². The molecule has 1 heterocycles. The van der Waals surface area contributed by atoms with Gasteiger partial charge in [-0.1, -0.05) is 24.6 Å². The molecule has 19 heavy (non-hydrogen) atoms. The van der Waals surface area contributed by atoms with Crippen LogP contribution in [0.5, 0.6) is 11.6 Å². The van der Waals surface area contributed by atoms with Gasteiger partial charge in [-0.15, -0.1) is 0 Å². The Balaban J connectivity index is 2.16. The van der Waals surface area contributed by atoms with Gasteiger partial charge in [0.1, 0.15) is 5.75 Å². The Morgan fingerprint density at radius 3 is 2.68 bits per heavy atom. The number of anilines is 1. The number of nitrogens with zero attached hydrogens (tertiary/aromatic N) is 2. The minimum atomic E-state index is 0.512. The zero-order chi connectivity index (χ0) is 13.7. The molecule has 0 aliphatic heterocycles. The molecule has 0 bridgehead atoms. The van der Waals surface area contributed by atoms with Gasteiger partial charge < -0.3 is 10.1 Å². The van der Waals surface area contributed by atoms with Crippen LogP contribution in [-0.4, -0.2) is 16.5 Å². The summed E-state index contributed by atoms with van der Waals surface area (Å²) in [4.78, 5) is 8.52. The predicted octanol–water partition coefficient (Wildman–Crippen LogP) is 4.16. The van der Waals surface area contributed by atoms with Crippen molar-refractivity contribution in [1.29, 1.82) is 0 Å². The Bertz CT molecular complexity index is 543. The van der Waals surface area contributed by atoms with E-state index < -0.39 is 0 Å². The van der Waals surface area contributed by atoms with Crippen molar-refractivity contribution in [2.24, 2.45) is 0 Å². The zero-order valence-electron chi connectivity index (χ0n) is 11.0. The van der Waals surface area contributed by atoms with Crippen LogP contribution in [-0.2, 0) is 0 Å². The van der Waals surface area contributed by atoms with Crippen molar-refractivity contribution in [3.8, 4) is 11.6 Å². The SMILES string of the molecule is CCCNc1ncc(Br)c(Oc2ccc(C)cc2)n1. The number of ether oxygens (including phenoxy) is 1. The van der Waals surface area contributed by atoms with Crippen LogP contribution in [0.15, 0.2) is 34.9 Å². The third kappa shape index (κ3) is 3.92. The quantitative estimate of drug-likeness (QED) is 0.898. The molecule has 0 unspecified atom stereocenters. The van der Waals surface area contributed by atoms with Crippen LogP contribution in [0.2, 0.25) is 0 Å². The molecule has 2 rings (SSSR count). The molecule has 1 N–H and O–H groups in total. The summed E-state index contributed by atoms with van der Waals surface area (Å²) in [7, 11) is 0. The normalized spacial score (nSPS) is 10.3. The van der Waals surface area contributed by atoms with Crippen molar-refractivity contribution in [1.82, 2.24) is 9.97 Å². The maximum atomic E-state index is 5.75. The third-order valence-corrected chi connectivity index (χ3v) is 3.02. The van der Waals surface area contributed by atoms with E-state index in [9.17, 15) is 0 Å². The first-order chi connectivity index (χ1) is 9.19. The molecule has 4 nitrogen and oxygen atoms in total. The summed E-state index contributed by atoms with van der Waals surface area (Å²) in [5.74, 6) is 1.84. The fourth-order valence-electron chi connectivity index (χ4n) is 1.46. The molecule has 0 aliphatic rings. The molecular formula is C14H16BrN3O. The second kappa shape index (κ2) is 6.52. The van der Waals surface area contributed by atoms with Gasteiger partial charge in [0.25, 0.3) is 0 Å². The summed E-state index contributed by atoms with van der Waals surface area (Å²) >= 11 is 3.39. The Labute approximate surface area is 121 Å². The number of aromatic nitrogens is 2. The standard InChI is InChI=1S/C14H16BrN3O/c1-3-8-16-14-17-9-12(15)13(18-14)19-11-6-4-10(2)5-7-11/h4-7,9H,3,8H2,1-2H3,(H,16,17,18). The topological polar surface area (TPSA) is 47.0 Å². The number of halogens is 1.